The van der Waals surface area contributed by atoms with Crippen molar-refractivity contribution in [3.63, 3.8) is 0 Å². The number of rotatable bonds is 6. The fourth-order valence-electron chi connectivity index (χ4n) is 11.5. The zero-order valence-corrected chi connectivity index (χ0v) is 31.3. The van der Waals surface area contributed by atoms with Crippen molar-refractivity contribution in [2.45, 2.75) is 44.4 Å². The Balaban J connectivity index is 1.09. The van der Waals surface area contributed by atoms with Gasteiger partial charge in [-0.3, -0.25) is 0 Å². The van der Waals surface area contributed by atoms with Crippen LogP contribution in [-0.4, -0.2) is 15.0 Å². The van der Waals surface area contributed by atoms with Crippen LogP contribution >= 0.6 is 0 Å². The molecule has 4 bridgehead atoms. The van der Waals surface area contributed by atoms with E-state index in [4.69, 9.17) is 15.0 Å². The van der Waals surface area contributed by atoms with Crippen LogP contribution in [0.1, 0.15) is 67.1 Å². The normalized spacial score (nSPS) is 23.1. The molecule has 4 saturated carbocycles. The molecular formula is C52H43N3. The summed E-state index contributed by atoms with van der Waals surface area (Å²) in [6.07, 6.45) is 11.1. The number of fused-ring (bicyclic) bond motifs is 4. The summed E-state index contributed by atoms with van der Waals surface area (Å²) in [4.78, 5) is 15.6. The maximum Gasteiger partial charge on any atom is 0.164 e. The number of nitrogens with zero attached hydrogens (tertiary/aromatic N) is 3. The van der Waals surface area contributed by atoms with E-state index in [-0.39, 0.29) is 5.41 Å². The van der Waals surface area contributed by atoms with Gasteiger partial charge < -0.3 is 0 Å². The van der Waals surface area contributed by atoms with Gasteiger partial charge in [0.25, 0.3) is 0 Å². The first-order chi connectivity index (χ1) is 27.1. The molecule has 0 saturated heterocycles. The van der Waals surface area contributed by atoms with Gasteiger partial charge in [-0.25, -0.2) is 15.0 Å². The van der Waals surface area contributed by atoms with Crippen molar-refractivity contribution in [2.75, 3.05) is 0 Å². The molecule has 12 rings (SSSR count). The summed E-state index contributed by atoms with van der Waals surface area (Å²) in [5.41, 5.74) is 13.1. The van der Waals surface area contributed by atoms with Crippen molar-refractivity contribution >= 4 is 22.4 Å². The van der Waals surface area contributed by atoms with Crippen molar-refractivity contribution in [2.24, 2.45) is 23.7 Å². The third-order valence-electron chi connectivity index (χ3n) is 13.6. The van der Waals surface area contributed by atoms with Crippen LogP contribution in [0.5, 0.6) is 0 Å². The lowest BCUT2D eigenvalue weighted by Crippen LogP contribution is -2.55. The summed E-state index contributed by atoms with van der Waals surface area (Å²) < 4.78 is 0. The van der Waals surface area contributed by atoms with E-state index in [2.05, 4.69) is 152 Å². The Kier molecular flexibility index (Phi) is 7.42. The van der Waals surface area contributed by atoms with Gasteiger partial charge in [0.15, 0.2) is 17.5 Å². The van der Waals surface area contributed by atoms with Gasteiger partial charge in [0.1, 0.15) is 0 Å². The van der Waals surface area contributed by atoms with E-state index < -0.39 is 0 Å². The van der Waals surface area contributed by atoms with E-state index >= 15 is 0 Å². The summed E-state index contributed by atoms with van der Waals surface area (Å²) in [6.45, 7) is 6.63. The molecule has 266 valence electrons. The van der Waals surface area contributed by atoms with Crippen LogP contribution in [0.25, 0.3) is 67.5 Å². The minimum absolute atomic E-state index is 0.0847. The quantitative estimate of drug-likeness (QED) is 0.173. The lowest BCUT2D eigenvalue weighted by atomic mass is 9.43. The minimum Gasteiger partial charge on any atom is -0.208 e. The predicted octanol–water partition coefficient (Wildman–Crippen LogP) is 12.8. The smallest absolute Gasteiger partial charge is 0.164 e. The van der Waals surface area contributed by atoms with Crippen LogP contribution in [0.15, 0.2) is 146 Å². The second-order valence-corrected chi connectivity index (χ2v) is 16.5. The third-order valence-corrected chi connectivity index (χ3v) is 13.6. The second-order valence-electron chi connectivity index (χ2n) is 16.5. The molecule has 1 heterocycles. The average Bonchev–Trinajstić information content (AvgIpc) is 3.51. The highest BCUT2D eigenvalue weighted by Gasteiger charge is 2.61. The van der Waals surface area contributed by atoms with Crippen molar-refractivity contribution in [3.05, 3.63) is 174 Å². The fourth-order valence-corrected chi connectivity index (χ4v) is 11.5. The third kappa shape index (κ3) is 5.05. The second kappa shape index (κ2) is 12.6. The lowest BCUT2D eigenvalue weighted by Gasteiger charge is -2.61. The maximum absolute atomic E-state index is 5.24. The van der Waals surface area contributed by atoms with E-state index in [1.54, 1.807) is 5.56 Å². The summed E-state index contributed by atoms with van der Waals surface area (Å²) in [5, 5.41) is 2.66. The molecule has 0 atom stereocenters. The number of hydrogen-bond acceptors (Lipinski definition) is 3. The maximum atomic E-state index is 5.24. The van der Waals surface area contributed by atoms with E-state index in [1.165, 1.54) is 65.1 Å². The summed E-state index contributed by atoms with van der Waals surface area (Å²) in [7, 11) is 0. The largest absolute Gasteiger partial charge is 0.208 e. The van der Waals surface area contributed by atoms with Crippen LogP contribution in [0, 0.1) is 23.7 Å². The highest BCUT2D eigenvalue weighted by Crippen LogP contribution is 2.69. The Morgan fingerprint density at radius 2 is 1.15 bits per heavy atom. The minimum atomic E-state index is 0.0847. The molecular weight excluding hydrogens is 667 g/mol. The van der Waals surface area contributed by atoms with Crippen molar-refractivity contribution < 1.29 is 0 Å². The predicted molar refractivity (Wildman–Crippen MR) is 226 cm³/mol. The van der Waals surface area contributed by atoms with Crippen molar-refractivity contribution in [1.82, 2.24) is 15.0 Å². The van der Waals surface area contributed by atoms with Crippen LogP contribution in [0.4, 0.5) is 0 Å². The highest BCUT2D eigenvalue weighted by molar-refractivity contribution is 5.95. The van der Waals surface area contributed by atoms with E-state index in [1.807, 2.05) is 6.92 Å². The molecule has 7 aromatic rings. The molecule has 3 heteroatoms. The van der Waals surface area contributed by atoms with E-state index in [0.717, 1.165) is 45.2 Å². The Morgan fingerprint density at radius 1 is 0.564 bits per heavy atom. The first-order valence-electron chi connectivity index (χ1n) is 20.1. The lowest BCUT2D eigenvalue weighted by molar-refractivity contribution is -0.0398. The van der Waals surface area contributed by atoms with Crippen LogP contribution < -0.4 is 0 Å². The molecule has 6 aromatic carbocycles. The van der Waals surface area contributed by atoms with E-state index in [0.29, 0.717) is 29.3 Å². The molecule has 5 aliphatic carbocycles. The van der Waals surface area contributed by atoms with Gasteiger partial charge in [0.2, 0.25) is 0 Å². The SMILES string of the molecule is C=C(c1nc(-c2ccc(-c3ccccc3)cc2)nc(-c2ccc3c(c2)-c2cc4ccccc4cc2C32C3CC4CC(C3)CC2C4)n1)c1ccccc1/C=C\C. The van der Waals surface area contributed by atoms with Crippen LogP contribution in [0.3, 0.4) is 0 Å². The molecule has 3 nitrogen and oxygen atoms in total. The molecule has 1 spiro atoms. The van der Waals surface area contributed by atoms with Crippen molar-refractivity contribution in [1.29, 1.82) is 0 Å². The first kappa shape index (κ1) is 32.5. The highest BCUT2D eigenvalue weighted by atomic mass is 15.0. The molecule has 1 aromatic heterocycles. The van der Waals surface area contributed by atoms with Gasteiger partial charge in [-0.2, -0.15) is 0 Å². The molecule has 55 heavy (non-hydrogen) atoms. The van der Waals surface area contributed by atoms with Gasteiger partial charge in [0, 0.05) is 22.1 Å². The Labute approximate surface area is 323 Å². The molecule has 4 fully saturated rings. The van der Waals surface area contributed by atoms with Crippen LogP contribution in [0.2, 0.25) is 0 Å². The summed E-state index contributed by atoms with van der Waals surface area (Å²) >= 11 is 0. The van der Waals surface area contributed by atoms with Gasteiger partial charge in [-0.1, -0.05) is 134 Å². The standard InChI is InChI=1S/C52H43N3/c1-3-11-37-14-9-10-17-44(37)32(2)49-53-50(38-20-18-36(19-21-38)35-12-5-4-6-13-35)55-51(54-49)41-22-23-47-45(30-41)46-29-39-15-7-8-16-40(39)31-48(46)52(47)42-25-33-24-34(27-42)28-43(52)26-33/h3-23,29-31,33-34,42-43H,2,24-28H2,1H3/b11-3-. The zero-order chi connectivity index (χ0) is 36.7. The van der Waals surface area contributed by atoms with E-state index in [9.17, 15) is 0 Å². The number of benzene rings is 6. The molecule has 0 N–H and O–H groups in total. The molecule has 0 unspecified atom stereocenters. The van der Waals surface area contributed by atoms with Gasteiger partial charge in [-0.15, -0.1) is 0 Å². The molecule has 0 aliphatic heterocycles. The number of allylic oxidation sites excluding steroid dienone is 1. The zero-order valence-electron chi connectivity index (χ0n) is 31.3. The van der Waals surface area contributed by atoms with Gasteiger partial charge >= 0.3 is 0 Å². The Morgan fingerprint density at radius 3 is 1.87 bits per heavy atom. The summed E-state index contributed by atoms with van der Waals surface area (Å²) in [6, 6.07) is 48.5. The fraction of sp³-hybridized carbons (Fsp3) is 0.212. The summed E-state index contributed by atoms with van der Waals surface area (Å²) in [5.74, 6) is 5.11. The Hall–Kier alpha value is -5.93. The Bertz CT molecular complexity index is 2660. The van der Waals surface area contributed by atoms with Crippen LogP contribution in [-0.2, 0) is 5.41 Å². The van der Waals surface area contributed by atoms with Gasteiger partial charge in [-0.05, 0) is 136 Å². The van der Waals surface area contributed by atoms with Gasteiger partial charge in [0.05, 0.1) is 0 Å². The number of aromatic nitrogens is 3. The molecule has 5 aliphatic rings. The molecule has 0 amide bonds. The number of hydrogen-bond donors (Lipinski definition) is 0. The average molecular weight is 710 g/mol. The van der Waals surface area contributed by atoms with Crippen molar-refractivity contribution in [3.8, 4) is 45.0 Å². The first-order valence-corrected chi connectivity index (χ1v) is 20.1. The monoisotopic (exact) mass is 709 g/mol. The topological polar surface area (TPSA) is 38.7 Å². The molecule has 0 radical (unpaired) electrons.